The second kappa shape index (κ2) is 49.6. The van der Waals surface area contributed by atoms with Gasteiger partial charge in [-0.3, -0.25) is 6.08 Å². The second-order valence-corrected chi connectivity index (χ2v) is 3.32. The first-order valence-corrected chi connectivity index (χ1v) is 4.71. The molecule has 0 atom stereocenters. The van der Waals surface area contributed by atoms with E-state index < -0.39 is 0 Å². The Morgan fingerprint density at radius 2 is 1.41 bits per heavy atom. The van der Waals surface area contributed by atoms with E-state index in [-0.39, 0.29) is 88.2 Å². The molecule has 0 fully saturated rings. The van der Waals surface area contributed by atoms with Crippen molar-refractivity contribution >= 4 is 24.8 Å². The summed E-state index contributed by atoms with van der Waals surface area (Å²) in [5, 5.41) is 0. The molecule has 2 rings (SSSR count). The van der Waals surface area contributed by atoms with E-state index in [1.54, 1.807) is 0 Å². The van der Waals surface area contributed by atoms with Crippen molar-refractivity contribution in [3.05, 3.63) is 91.9 Å². The molecule has 0 aliphatic heterocycles. The Balaban J connectivity index is -0.0000000140. The first-order chi connectivity index (χ1) is 6.73. The van der Waals surface area contributed by atoms with Crippen LogP contribution in [-0.2, 0) is 26.2 Å². The van der Waals surface area contributed by atoms with Gasteiger partial charge in [0.2, 0.25) is 0 Å². The van der Waals surface area contributed by atoms with Gasteiger partial charge < -0.3 is 48.0 Å². The van der Waals surface area contributed by atoms with Gasteiger partial charge in [0.15, 0.2) is 0 Å². The van der Waals surface area contributed by atoms with E-state index in [4.69, 9.17) is 0 Å². The average Bonchev–Trinajstić information content (AvgIpc) is 2.83. The van der Waals surface area contributed by atoms with E-state index in [0.717, 1.165) is 6.42 Å². The van der Waals surface area contributed by atoms with Crippen LogP contribution in [0.1, 0.15) is 27.2 Å². The molecular formula is C18H35Cl2NZr-8. The van der Waals surface area contributed by atoms with Crippen LogP contribution in [0.25, 0.3) is 0 Å². The minimum Gasteiger partial charge on any atom is -0.484 e. The molecule has 0 saturated heterocycles. The van der Waals surface area contributed by atoms with Crippen molar-refractivity contribution in [3.8, 4) is 0 Å². The van der Waals surface area contributed by atoms with E-state index in [1.165, 1.54) is 5.92 Å². The van der Waals surface area contributed by atoms with Crippen molar-refractivity contribution < 1.29 is 26.2 Å². The standard InChI is InChI=1S/C5H5.C4H4N.C4H9.5CH3.2ClH.Zr/c2*1-2-4-5-3-1;1-4(2)3;;;;;;;;/h1-3H,4H2;1-3,5H;1-3H3;5*1H3;2*1H;/q8*-1;;;. The summed E-state index contributed by atoms with van der Waals surface area (Å²) in [7, 11) is 0. The topological polar surface area (TPSA) is 15.8 Å². The largest absolute Gasteiger partial charge is 0.484 e. The Morgan fingerprint density at radius 1 is 0.955 bits per heavy atom. The van der Waals surface area contributed by atoms with E-state index >= 15 is 0 Å². The zero-order valence-corrected chi connectivity index (χ0v) is 19.6. The molecule has 0 spiro atoms. The molecule has 0 aromatic carbocycles. The third-order valence-electron chi connectivity index (χ3n) is 1.03. The molecule has 138 valence electrons. The van der Waals surface area contributed by atoms with E-state index in [9.17, 15) is 0 Å². The fraction of sp³-hybridized carbons (Fsp3) is 0.222. The first kappa shape index (κ1) is 57.2. The van der Waals surface area contributed by atoms with Gasteiger partial charge in [0.25, 0.3) is 0 Å². The SMILES string of the molecule is C[C-](C)C.Cl.Cl.[C-]1=CC=CC1.[CH3-].[CH3-].[CH3-].[CH3-].[CH3-].[Zr].[c-]1ccc[nH]1. The summed E-state index contributed by atoms with van der Waals surface area (Å²) >= 11 is 0. The van der Waals surface area contributed by atoms with Crippen molar-refractivity contribution in [2.45, 2.75) is 27.2 Å². The van der Waals surface area contributed by atoms with Crippen LogP contribution in [0.15, 0.2) is 36.6 Å². The molecule has 1 N–H and O–H groups in total. The Labute approximate surface area is 174 Å². The van der Waals surface area contributed by atoms with Crippen LogP contribution in [0.4, 0.5) is 0 Å². The summed E-state index contributed by atoms with van der Waals surface area (Å²) in [6.07, 6.45) is 14.6. The van der Waals surface area contributed by atoms with Gasteiger partial charge in [0, 0.05) is 26.2 Å². The molecule has 0 unspecified atom stereocenters. The van der Waals surface area contributed by atoms with Gasteiger partial charge in [-0.05, 0) is 0 Å². The fourth-order valence-electron chi connectivity index (χ4n) is 0.581. The normalized spacial score (nSPS) is 7.45. The van der Waals surface area contributed by atoms with Crippen LogP contribution in [0.2, 0.25) is 0 Å². The Morgan fingerprint density at radius 3 is 1.50 bits per heavy atom. The van der Waals surface area contributed by atoms with Gasteiger partial charge >= 0.3 is 0 Å². The number of allylic oxidation sites excluding steroid dienone is 4. The molecule has 1 aliphatic rings. The molecule has 1 heterocycles. The smallest absolute Gasteiger partial charge is 0 e. The third-order valence-corrected chi connectivity index (χ3v) is 1.03. The summed E-state index contributed by atoms with van der Waals surface area (Å²) in [6.45, 7) is 6.25. The molecule has 1 aromatic rings. The van der Waals surface area contributed by atoms with Gasteiger partial charge in [-0.15, -0.1) is 37.4 Å². The van der Waals surface area contributed by atoms with E-state index in [2.05, 4.69) is 44.1 Å². The average molecular weight is 428 g/mol. The summed E-state index contributed by atoms with van der Waals surface area (Å²) in [4.78, 5) is 2.74. The molecule has 0 bridgehead atoms. The van der Waals surface area contributed by atoms with Crippen LogP contribution in [0.5, 0.6) is 0 Å². The van der Waals surface area contributed by atoms with Gasteiger partial charge in [0.1, 0.15) is 0 Å². The van der Waals surface area contributed by atoms with Crippen molar-refractivity contribution in [1.82, 2.24) is 4.98 Å². The molecule has 0 saturated carbocycles. The first-order valence-electron chi connectivity index (χ1n) is 4.71. The number of rotatable bonds is 0. The molecule has 0 radical (unpaired) electrons. The van der Waals surface area contributed by atoms with Crippen LogP contribution < -0.4 is 0 Å². The summed E-state index contributed by atoms with van der Waals surface area (Å²) in [6, 6.07) is 3.71. The number of halogens is 2. The molecule has 22 heavy (non-hydrogen) atoms. The van der Waals surface area contributed by atoms with Crippen LogP contribution in [0, 0.1) is 55.3 Å². The van der Waals surface area contributed by atoms with Crippen molar-refractivity contribution in [1.29, 1.82) is 0 Å². The maximum atomic E-state index is 2.99. The van der Waals surface area contributed by atoms with E-state index in [0.29, 0.717) is 0 Å². The zero-order chi connectivity index (χ0) is 10.6. The molecule has 4 heteroatoms. The number of nitrogens with one attached hydrogen (secondary N) is 1. The third kappa shape index (κ3) is 71.5. The summed E-state index contributed by atoms with van der Waals surface area (Å²) < 4.78 is 0. The van der Waals surface area contributed by atoms with Crippen molar-refractivity contribution in [2.75, 3.05) is 0 Å². The number of hydrogen-bond acceptors (Lipinski definition) is 0. The Bertz CT molecular complexity index is 216. The maximum absolute atomic E-state index is 2.99. The van der Waals surface area contributed by atoms with Gasteiger partial charge in [-0.2, -0.15) is 45.2 Å². The predicted octanol–water partition coefficient (Wildman–Crippen LogP) is 6.83. The zero-order valence-electron chi connectivity index (χ0n) is 15.5. The Hall–Kier alpha value is 0.223. The monoisotopic (exact) mass is 425 g/mol. The molecule has 1 aliphatic carbocycles. The molecule has 1 nitrogen and oxygen atoms in total. The van der Waals surface area contributed by atoms with E-state index in [1.807, 2.05) is 30.5 Å². The number of aromatic nitrogens is 1. The maximum Gasteiger partial charge on any atom is 0 e. The van der Waals surface area contributed by atoms with Crippen LogP contribution in [-0.4, -0.2) is 4.98 Å². The number of hydrogen-bond donors (Lipinski definition) is 1. The van der Waals surface area contributed by atoms with Crippen LogP contribution >= 0.6 is 24.8 Å². The number of H-pyrrole nitrogens is 1. The minimum absolute atomic E-state index is 0. The molecule has 1 aromatic heterocycles. The second-order valence-electron chi connectivity index (χ2n) is 3.32. The fourth-order valence-corrected chi connectivity index (χ4v) is 0.581. The Kier molecular flexibility index (Phi) is 129. The van der Waals surface area contributed by atoms with Gasteiger partial charge in [-0.1, -0.05) is 0 Å². The van der Waals surface area contributed by atoms with Crippen LogP contribution in [0.3, 0.4) is 0 Å². The molecule has 0 amide bonds. The van der Waals surface area contributed by atoms with Crippen molar-refractivity contribution in [2.24, 2.45) is 0 Å². The number of aromatic amines is 1. The quantitative estimate of drug-likeness (QED) is 0.437. The van der Waals surface area contributed by atoms with Gasteiger partial charge in [-0.25, -0.2) is 12.2 Å². The minimum atomic E-state index is 0. The predicted molar refractivity (Wildman–Crippen MR) is 108 cm³/mol. The van der Waals surface area contributed by atoms with Crippen molar-refractivity contribution in [3.63, 3.8) is 0 Å². The molecular weight excluding hydrogens is 392 g/mol. The summed E-state index contributed by atoms with van der Waals surface area (Å²) in [5.74, 6) is 1.42. The summed E-state index contributed by atoms with van der Waals surface area (Å²) in [5.41, 5.74) is 0. The van der Waals surface area contributed by atoms with Gasteiger partial charge in [0.05, 0.1) is 0 Å².